The second-order valence-corrected chi connectivity index (χ2v) is 3.27. The average Bonchev–Trinajstić information content (AvgIpc) is 2.51. The lowest BCUT2D eigenvalue weighted by Gasteiger charge is -2.20. The van der Waals surface area contributed by atoms with Crippen molar-refractivity contribution in [2.45, 2.75) is 33.2 Å². The SMILES string of the molecule is CCOC(=O)C=C(C)N1N=CCC1C. The van der Waals surface area contributed by atoms with Gasteiger partial charge in [0.05, 0.1) is 12.6 Å². The second-order valence-electron chi connectivity index (χ2n) is 3.27. The summed E-state index contributed by atoms with van der Waals surface area (Å²) >= 11 is 0. The minimum absolute atomic E-state index is 0.306. The zero-order valence-electron chi connectivity index (χ0n) is 8.86. The Morgan fingerprint density at radius 3 is 3.00 bits per heavy atom. The number of carbonyl (C=O) groups excluding carboxylic acids is 1. The number of nitrogens with zero attached hydrogens (tertiary/aromatic N) is 2. The third-order valence-corrected chi connectivity index (χ3v) is 2.04. The lowest BCUT2D eigenvalue weighted by molar-refractivity contribution is -0.137. The predicted octanol–water partition coefficient (Wildman–Crippen LogP) is 1.53. The summed E-state index contributed by atoms with van der Waals surface area (Å²) in [7, 11) is 0. The average molecular weight is 196 g/mol. The quantitative estimate of drug-likeness (QED) is 0.508. The number of ether oxygens (including phenoxy) is 1. The lowest BCUT2D eigenvalue weighted by atomic mass is 10.2. The molecule has 1 aliphatic heterocycles. The van der Waals surface area contributed by atoms with Gasteiger partial charge in [0, 0.05) is 24.4 Å². The number of allylic oxidation sites excluding steroid dienone is 1. The highest BCUT2D eigenvalue weighted by molar-refractivity contribution is 5.82. The molecule has 1 aliphatic rings. The molecule has 0 aromatic rings. The van der Waals surface area contributed by atoms with E-state index in [1.54, 1.807) is 6.92 Å². The number of rotatable bonds is 3. The Labute approximate surface area is 84.2 Å². The molecule has 0 fully saturated rings. The van der Waals surface area contributed by atoms with Crippen molar-refractivity contribution in [1.29, 1.82) is 0 Å². The maximum atomic E-state index is 11.1. The molecule has 0 aromatic heterocycles. The fraction of sp³-hybridized carbons (Fsp3) is 0.600. The highest BCUT2D eigenvalue weighted by Gasteiger charge is 2.17. The highest BCUT2D eigenvalue weighted by Crippen LogP contribution is 2.16. The summed E-state index contributed by atoms with van der Waals surface area (Å²) in [6.45, 7) is 6.12. The number of hydrazone groups is 1. The first-order valence-electron chi connectivity index (χ1n) is 4.82. The minimum atomic E-state index is -0.306. The van der Waals surface area contributed by atoms with E-state index < -0.39 is 0 Å². The molecule has 14 heavy (non-hydrogen) atoms. The molecule has 0 N–H and O–H groups in total. The number of carbonyl (C=O) groups is 1. The van der Waals surface area contributed by atoms with Crippen LogP contribution in [0.3, 0.4) is 0 Å². The van der Waals surface area contributed by atoms with Crippen LogP contribution in [0.25, 0.3) is 0 Å². The summed E-state index contributed by atoms with van der Waals surface area (Å²) in [6, 6.07) is 0.334. The van der Waals surface area contributed by atoms with Gasteiger partial charge in [-0.15, -0.1) is 0 Å². The monoisotopic (exact) mass is 196 g/mol. The van der Waals surface area contributed by atoms with Crippen molar-refractivity contribution in [1.82, 2.24) is 5.01 Å². The Balaban J connectivity index is 2.59. The largest absolute Gasteiger partial charge is 0.463 e. The molecule has 4 nitrogen and oxygen atoms in total. The van der Waals surface area contributed by atoms with Crippen LogP contribution < -0.4 is 0 Å². The van der Waals surface area contributed by atoms with E-state index in [1.807, 2.05) is 18.1 Å². The van der Waals surface area contributed by atoms with Crippen LogP contribution in [0.4, 0.5) is 0 Å². The van der Waals surface area contributed by atoms with Crippen molar-refractivity contribution in [3.8, 4) is 0 Å². The van der Waals surface area contributed by atoms with Crippen LogP contribution in [0.1, 0.15) is 27.2 Å². The van der Waals surface area contributed by atoms with E-state index in [9.17, 15) is 4.79 Å². The van der Waals surface area contributed by atoms with E-state index in [4.69, 9.17) is 4.74 Å². The van der Waals surface area contributed by atoms with Crippen molar-refractivity contribution >= 4 is 12.2 Å². The van der Waals surface area contributed by atoms with E-state index in [1.165, 1.54) is 6.08 Å². The standard InChI is InChI=1S/C10H16N2O2/c1-4-14-10(13)7-9(3)12-8(2)5-6-11-12/h6-8H,4-5H2,1-3H3. The van der Waals surface area contributed by atoms with Crippen molar-refractivity contribution < 1.29 is 9.53 Å². The summed E-state index contributed by atoms with van der Waals surface area (Å²) in [4.78, 5) is 11.1. The smallest absolute Gasteiger partial charge is 0.332 e. The maximum Gasteiger partial charge on any atom is 0.332 e. The summed E-state index contributed by atoms with van der Waals surface area (Å²) in [6.07, 6.45) is 4.25. The van der Waals surface area contributed by atoms with Gasteiger partial charge in [0.1, 0.15) is 0 Å². The van der Waals surface area contributed by atoms with Crippen LogP contribution in [0, 0.1) is 0 Å². The highest BCUT2D eigenvalue weighted by atomic mass is 16.5. The number of esters is 1. The van der Waals surface area contributed by atoms with Gasteiger partial charge in [0.25, 0.3) is 0 Å². The first kappa shape index (κ1) is 10.8. The molecule has 0 amide bonds. The summed E-state index contributed by atoms with van der Waals surface area (Å²) < 4.78 is 4.81. The Morgan fingerprint density at radius 1 is 1.79 bits per heavy atom. The van der Waals surface area contributed by atoms with Gasteiger partial charge in [-0.1, -0.05) is 0 Å². The van der Waals surface area contributed by atoms with Crippen molar-refractivity contribution in [3.63, 3.8) is 0 Å². The lowest BCUT2D eigenvalue weighted by Crippen LogP contribution is -2.22. The summed E-state index contributed by atoms with van der Waals surface area (Å²) in [5.41, 5.74) is 0.824. The third kappa shape index (κ3) is 2.58. The van der Waals surface area contributed by atoms with Crippen LogP contribution >= 0.6 is 0 Å². The zero-order valence-corrected chi connectivity index (χ0v) is 8.86. The predicted molar refractivity (Wildman–Crippen MR) is 54.8 cm³/mol. The summed E-state index contributed by atoms with van der Waals surface area (Å²) in [5, 5.41) is 5.99. The van der Waals surface area contributed by atoms with Gasteiger partial charge in [0.2, 0.25) is 0 Å². The van der Waals surface area contributed by atoms with E-state index in [-0.39, 0.29) is 5.97 Å². The molecule has 0 aromatic carbocycles. The fourth-order valence-electron chi connectivity index (χ4n) is 1.36. The first-order valence-corrected chi connectivity index (χ1v) is 4.82. The zero-order chi connectivity index (χ0) is 10.6. The van der Waals surface area contributed by atoms with Crippen molar-refractivity contribution in [2.24, 2.45) is 5.10 Å². The Kier molecular flexibility index (Phi) is 3.68. The second kappa shape index (κ2) is 4.79. The number of hydrogen-bond donors (Lipinski definition) is 0. The van der Waals surface area contributed by atoms with E-state index in [0.29, 0.717) is 12.6 Å². The Hall–Kier alpha value is -1.32. The molecule has 1 unspecified atom stereocenters. The van der Waals surface area contributed by atoms with Gasteiger partial charge in [0.15, 0.2) is 0 Å². The van der Waals surface area contributed by atoms with Crippen LogP contribution in [0.2, 0.25) is 0 Å². The normalized spacial score (nSPS) is 21.5. The molecule has 0 saturated carbocycles. The molecule has 0 radical (unpaired) electrons. The number of hydrogen-bond acceptors (Lipinski definition) is 4. The first-order chi connectivity index (χ1) is 6.65. The molecule has 0 aliphatic carbocycles. The molecule has 1 heterocycles. The molecular formula is C10H16N2O2. The van der Waals surface area contributed by atoms with Crippen LogP contribution in [0.5, 0.6) is 0 Å². The van der Waals surface area contributed by atoms with Crippen molar-refractivity contribution in [2.75, 3.05) is 6.61 Å². The Morgan fingerprint density at radius 2 is 2.50 bits per heavy atom. The van der Waals surface area contributed by atoms with E-state index >= 15 is 0 Å². The van der Waals surface area contributed by atoms with Gasteiger partial charge >= 0.3 is 5.97 Å². The van der Waals surface area contributed by atoms with Crippen LogP contribution in [-0.2, 0) is 9.53 Å². The van der Waals surface area contributed by atoms with Crippen LogP contribution in [0.15, 0.2) is 16.9 Å². The Bertz CT molecular complexity index is 271. The molecular weight excluding hydrogens is 180 g/mol. The molecule has 78 valence electrons. The van der Waals surface area contributed by atoms with Gasteiger partial charge in [-0.3, -0.25) is 5.01 Å². The van der Waals surface area contributed by atoms with Gasteiger partial charge < -0.3 is 4.74 Å². The molecule has 0 saturated heterocycles. The molecule has 1 atom stereocenters. The molecule has 0 spiro atoms. The van der Waals surface area contributed by atoms with E-state index in [0.717, 1.165) is 12.1 Å². The van der Waals surface area contributed by atoms with Crippen LogP contribution in [-0.4, -0.2) is 29.8 Å². The van der Waals surface area contributed by atoms with Gasteiger partial charge in [-0.05, 0) is 20.8 Å². The molecule has 4 heteroatoms. The third-order valence-electron chi connectivity index (χ3n) is 2.04. The van der Waals surface area contributed by atoms with Crippen molar-refractivity contribution in [3.05, 3.63) is 11.8 Å². The topological polar surface area (TPSA) is 41.9 Å². The maximum absolute atomic E-state index is 11.1. The summed E-state index contributed by atoms with van der Waals surface area (Å²) in [5.74, 6) is -0.306. The van der Waals surface area contributed by atoms with Gasteiger partial charge in [-0.2, -0.15) is 5.10 Å². The minimum Gasteiger partial charge on any atom is -0.463 e. The van der Waals surface area contributed by atoms with Gasteiger partial charge in [-0.25, -0.2) is 4.79 Å². The fourth-order valence-corrected chi connectivity index (χ4v) is 1.36. The van der Waals surface area contributed by atoms with E-state index in [2.05, 4.69) is 12.0 Å². The molecule has 1 rings (SSSR count). The molecule has 0 bridgehead atoms.